The predicted octanol–water partition coefficient (Wildman–Crippen LogP) is 1.76. The monoisotopic (exact) mass is 305 g/mol. The summed E-state index contributed by atoms with van der Waals surface area (Å²) < 4.78 is 6.91. The lowest BCUT2D eigenvalue weighted by Gasteiger charge is -2.15. The number of carbonyl (C=O) groups is 1. The highest BCUT2D eigenvalue weighted by molar-refractivity contribution is 5.91. The number of hydrogen-bond donors (Lipinski definition) is 1. The number of aromatic nitrogens is 3. The number of carbonyl (C=O) groups excluding carboxylic acids is 1. The summed E-state index contributed by atoms with van der Waals surface area (Å²) in [5.41, 5.74) is 2.20. The second kappa shape index (κ2) is 7.22. The second-order valence-corrected chi connectivity index (χ2v) is 5.61. The van der Waals surface area contributed by atoms with Gasteiger partial charge in [-0.25, -0.2) is 0 Å². The summed E-state index contributed by atoms with van der Waals surface area (Å²) in [5.74, 6) is 1.04. The summed E-state index contributed by atoms with van der Waals surface area (Å²) in [4.78, 5) is 13.9. The van der Waals surface area contributed by atoms with Gasteiger partial charge in [-0.05, 0) is 40.3 Å². The smallest absolute Gasteiger partial charge is 0.239 e. The van der Waals surface area contributed by atoms with Gasteiger partial charge >= 0.3 is 0 Å². The zero-order valence-electron chi connectivity index (χ0n) is 13.6. The van der Waals surface area contributed by atoms with Crippen molar-refractivity contribution in [1.82, 2.24) is 19.8 Å². The van der Waals surface area contributed by atoms with E-state index in [-0.39, 0.29) is 5.91 Å². The zero-order valence-corrected chi connectivity index (χ0v) is 13.6. The van der Waals surface area contributed by atoms with E-state index >= 15 is 0 Å². The molecule has 2 heterocycles. The summed E-state index contributed by atoms with van der Waals surface area (Å²) in [6.45, 7) is 7.83. The van der Waals surface area contributed by atoms with E-state index in [4.69, 9.17) is 4.52 Å². The Morgan fingerprint density at radius 1 is 1.36 bits per heavy atom. The van der Waals surface area contributed by atoms with Gasteiger partial charge in [0, 0.05) is 24.8 Å². The van der Waals surface area contributed by atoms with Crippen LogP contribution < -0.4 is 5.32 Å². The SMILES string of the molecule is Cc1cc(C)n(CCCN(C)CC(=O)Nc2cc(C)on2)n1. The molecule has 0 aliphatic heterocycles. The average Bonchev–Trinajstić information content (AvgIpc) is 2.95. The Labute approximate surface area is 130 Å². The van der Waals surface area contributed by atoms with E-state index in [2.05, 4.69) is 28.6 Å². The molecule has 0 aliphatic carbocycles. The first kappa shape index (κ1) is 16.2. The molecule has 2 rings (SSSR count). The van der Waals surface area contributed by atoms with Crippen LogP contribution in [0.4, 0.5) is 5.82 Å². The van der Waals surface area contributed by atoms with E-state index in [1.165, 1.54) is 5.69 Å². The van der Waals surface area contributed by atoms with E-state index in [0.29, 0.717) is 18.1 Å². The molecule has 22 heavy (non-hydrogen) atoms. The van der Waals surface area contributed by atoms with Gasteiger partial charge in [-0.2, -0.15) is 5.10 Å². The van der Waals surface area contributed by atoms with E-state index < -0.39 is 0 Å². The number of anilines is 1. The Balaban J connectivity index is 1.70. The van der Waals surface area contributed by atoms with Gasteiger partial charge in [0.25, 0.3) is 0 Å². The van der Waals surface area contributed by atoms with Crippen LogP contribution in [0.3, 0.4) is 0 Å². The Bertz CT molecular complexity index is 632. The standard InChI is InChI=1S/C15H23N5O2/c1-11-8-12(2)20(17-11)7-5-6-19(4)10-15(21)16-14-9-13(3)22-18-14/h8-9H,5-7,10H2,1-4H3,(H,16,18,21). The van der Waals surface area contributed by atoms with Crippen LogP contribution in [0, 0.1) is 20.8 Å². The maximum Gasteiger partial charge on any atom is 0.239 e. The number of aryl methyl sites for hydroxylation is 4. The third-order valence-corrected chi connectivity index (χ3v) is 3.32. The highest BCUT2D eigenvalue weighted by atomic mass is 16.5. The van der Waals surface area contributed by atoms with Crippen molar-refractivity contribution in [3.63, 3.8) is 0 Å². The summed E-state index contributed by atoms with van der Waals surface area (Å²) in [6, 6.07) is 3.76. The molecule has 7 heteroatoms. The van der Waals surface area contributed by atoms with Crippen LogP contribution in [-0.2, 0) is 11.3 Å². The van der Waals surface area contributed by atoms with Gasteiger partial charge in [0.1, 0.15) is 5.76 Å². The van der Waals surface area contributed by atoms with Crippen LogP contribution in [-0.4, -0.2) is 45.9 Å². The number of amides is 1. The number of nitrogens with one attached hydrogen (secondary N) is 1. The lowest BCUT2D eigenvalue weighted by Crippen LogP contribution is -2.31. The minimum Gasteiger partial charge on any atom is -0.360 e. The molecule has 0 radical (unpaired) electrons. The fraction of sp³-hybridized carbons (Fsp3) is 0.533. The number of rotatable bonds is 7. The Morgan fingerprint density at radius 3 is 2.73 bits per heavy atom. The van der Waals surface area contributed by atoms with Crippen LogP contribution >= 0.6 is 0 Å². The molecule has 7 nitrogen and oxygen atoms in total. The number of likely N-dealkylation sites (N-methyl/N-ethyl adjacent to an activating group) is 1. The van der Waals surface area contributed by atoms with E-state index in [1.54, 1.807) is 13.0 Å². The first-order chi connectivity index (χ1) is 10.4. The molecule has 0 unspecified atom stereocenters. The van der Waals surface area contributed by atoms with Crippen molar-refractivity contribution in [3.8, 4) is 0 Å². The zero-order chi connectivity index (χ0) is 16.1. The van der Waals surface area contributed by atoms with Crippen molar-refractivity contribution >= 4 is 11.7 Å². The van der Waals surface area contributed by atoms with E-state index in [9.17, 15) is 4.79 Å². The van der Waals surface area contributed by atoms with Crippen molar-refractivity contribution in [3.05, 3.63) is 29.3 Å². The quantitative estimate of drug-likeness (QED) is 0.843. The molecular formula is C15H23N5O2. The van der Waals surface area contributed by atoms with E-state index in [1.807, 2.05) is 23.6 Å². The Hall–Kier alpha value is -2.15. The summed E-state index contributed by atoms with van der Waals surface area (Å²) >= 11 is 0. The first-order valence-corrected chi connectivity index (χ1v) is 7.37. The predicted molar refractivity (Wildman–Crippen MR) is 83.7 cm³/mol. The molecule has 0 spiro atoms. The van der Waals surface area contributed by atoms with Crippen LogP contribution in [0.5, 0.6) is 0 Å². The van der Waals surface area contributed by atoms with Crippen LogP contribution in [0.2, 0.25) is 0 Å². The molecule has 0 atom stereocenters. The summed E-state index contributed by atoms with van der Waals surface area (Å²) in [5, 5.41) is 10.9. The van der Waals surface area contributed by atoms with Gasteiger partial charge in [0.2, 0.25) is 5.91 Å². The van der Waals surface area contributed by atoms with Crippen LogP contribution in [0.15, 0.2) is 16.7 Å². The van der Waals surface area contributed by atoms with Gasteiger partial charge < -0.3 is 9.84 Å². The molecule has 0 saturated heterocycles. The van der Waals surface area contributed by atoms with Gasteiger partial charge in [-0.1, -0.05) is 5.16 Å². The van der Waals surface area contributed by atoms with Gasteiger partial charge in [0.05, 0.1) is 12.2 Å². The largest absolute Gasteiger partial charge is 0.360 e. The normalized spacial score (nSPS) is 11.1. The fourth-order valence-electron chi connectivity index (χ4n) is 2.32. The molecule has 2 aromatic heterocycles. The van der Waals surface area contributed by atoms with Crippen molar-refractivity contribution in [2.75, 3.05) is 25.5 Å². The second-order valence-electron chi connectivity index (χ2n) is 5.61. The molecule has 0 fully saturated rings. The molecule has 0 bridgehead atoms. The molecule has 120 valence electrons. The molecule has 1 amide bonds. The third-order valence-electron chi connectivity index (χ3n) is 3.32. The topological polar surface area (TPSA) is 76.2 Å². The molecule has 0 aromatic carbocycles. The van der Waals surface area contributed by atoms with Gasteiger partial charge in [0.15, 0.2) is 5.82 Å². The maximum atomic E-state index is 11.9. The third kappa shape index (κ3) is 4.70. The maximum absolute atomic E-state index is 11.9. The van der Waals surface area contributed by atoms with Crippen molar-refractivity contribution in [2.24, 2.45) is 0 Å². The summed E-state index contributed by atoms with van der Waals surface area (Å²) in [6.07, 6.45) is 0.939. The number of hydrogen-bond acceptors (Lipinski definition) is 5. The molecule has 0 saturated carbocycles. The highest BCUT2D eigenvalue weighted by Crippen LogP contribution is 2.07. The average molecular weight is 305 g/mol. The highest BCUT2D eigenvalue weighted by Gasteiger charge is 2.09. The van der Waals surface area contributed by atoms with Gasteiger partial charge in [-0.3, -0.25) is 14.4 Å². The van der Waals surface area contributed by atoms with E-state index in [0.717, 1.165) is 25.2 Å². The number of nitrogens with zero attached hydrogens (tertiary/aromatic N) is 4. The molecular weight excluding hydrogens is 282 g/mol. The summed E-state index contributed by atoms with van der Waals surface area (Å²) in [7, 11) is 1.93. The van der Waals surface area contributed by atoms with Crippen molar-refractivity contribution < 1.29 is 9.32 Å². The molecule has 0 aliphatic rings. The van der Waals surface area contributed by atoms with Gasteiger partial charge in [-0.15, -0.1) is 0 Å². The fourth-order valence-corrected chi connectivity index (χ4v) is 2.32. The minimum atomic E-state index is -0.0954. The first-order valence-electron chi connectivity index (χ1n) is 7.37. The lowest BCUT2D eigenvalue weighted by molar-refractivity contribution is -0.117. The Kier molecular flexibility index (Phi) is 5.32. The minimum absolute atomic E-state index is 0.0954. The van der Waals surface area contributed by atoms with Crippen molar-refractivity contribution in [1.29, 1.82) is 0 Å². The Morgan fingerprint density at radius 2 is 2.14 bits per heavy atom. The van der Waals surface area contributed by atoms with Crippen LogP contribution in [0.1, 0.15) is 23.6 Å². The molecule has 2 aromatic rings. The van der Waals surface area contributed by atoms with Crippen LogP contribution in [0.25, 0.3) is 0 Å². The molecule has 1 N–H and O–H groups in total. The lowest BCUT2D eigenvalue weighted by atomic mass is 10.3. The van der Waals surface area contributed by atoms with Crippen molar-refractivity contribution in [2.45, 2.75) is 33.7 Å².